The summed E-state index contributed by atoms with van der Waals surface area (Å²) in [5.41, 5.74) is 0. The number of rotatable bonds is 9. The molecule has 1 heterocycles. The second-order valence-corrected chi connectivity index (χ2v) is 6.27. The summed E-state index contributed by atoms with van der Waals surface area (Å²) in [4.78, 5) is 2.26. The highest BCUT2D eigenvalue weighted by atomic mass is 16.3. The Hall–Kier alpha value is -0.800. The lowest BCUT2D eigenvalue weighted by molar-refractivity contribution is 0.284. The van der Waals surface area contributed by atoms with Crippen LogP contribution in [0.2, 0.25) is 0 Å². The van der Waals surface area contributed by atoms with Crippen LogP contribution in [0.5, 0.6) is 0 Å². The molecule has 0 aliphatic carbocycles. The number of aryl methyl sites for hydroxylation is 1. The highest BCUT2D eigenvalue weighted by Gasteiger charge is 2.14. The van der Waals surface area contributed by atoms with E-state index in [0.29, 0.717) is 12.1 Å². The van der Waals surface area contributed by atoms with Gasteiger partial charge in [-0.2, -0.15) is 0 Å². The van der Waals surface area contributed by atoms with Crippen LogP contribution in [0.4, 0.5) is 0 Å². The van der Waals surface area contributed by atoms with Gasteiger partial charge in [-0.3, -0.25) is 0 Å². The number of hydrogen-bond acceptors (Lipinski definition) is 3. The molecule has 0 saturated carbocycles. The first kappa shape index (κ1) is 16.3. The van der Waals surface area contributed by atoms with E-state index in [0.717, 1.165) is 31.1 Å². The van der Waals surface area contributed by atoms with Crippen molar-refractivity contribution in [2.45, 2.75) is 52.1 Å². The van der Waals surface area contributed by atoms with Crippen LogP contribution in [0.3, 0.4) is 0 Å². The molecule has 0 saturated heterocycles. The molecule has 0 bridgehead atoms. The number of nitrogens with one attached hydrogen (secondary N) is 1. The molecule has 0 amide bonds. The average Bonchev–Trinajstić information content (AvgIpc) is 2.77. The summed E-state index contributed by atoms with van der Waals surface area (Å²) in [5, 5.41) is 3.76. The highest BCUT2D eigenvalue weighted by molar-refractivity contribution is 4.98. The molecule has 0 aromatic carbocycles. The Balaban J connectivity index is 2.34. The van der Waals surface area contributed by atoms with Gasteiger partial charge in [0, 0.05) is 25.0 Å². The maximum Gasteiger partial charge on any atom is 0.103 e. The first-order valence-corrected chi connectivity index (χ1v) is 7.40. The molecule has 2 unspecified atom stereocenters. The Kier molecular flexibility index (Phi) is 7.17. The fraction of sp³-hybridized carbons (Fsp3) is 0.750. The minimum atomic E-state index is 0.522. The van der Waals surface area contributed by atoms with Gasteiger partial charge in [0.25, 0.3) is 0 Å². The summed E-state index contributed by atoms with van der Waals surface area (Å²) in [6.07, 6.45) is 5.11. The zero-order valence-electron chi connectivity index (χ0n) is 13.1. The van der Waals surface area contributed by atoms with Crippen molar-refractivity contribution in [2.75, 3.05) is 20.6 Å². The molecule has 0 spiro atoms. The lowest BCUT2D eigenvalue weighted by atomic mass is 10.0. The lowest BCUT2D eigenvalue weighted by Crippen LogP contribution is -2.43. The highest BCUT2D eigenvalue weighted by Crippen LogP contribution is 2.10. The van der Waals surface area contributed by atoms with Gasteiger partial charge in [-0.1, -0.05) is 13.8 Å². The molecule has 0 fully saturated rings. The maximum absolute atomic E-state index is 5.38. The van der Waals surface area contributed by atoms with Gasteiger partial charge in [-0.05, 0) is 51.9 Å². The van der Waals surface area contributed by atoms with E-state index in [2.05, 4.69) is 51.1 Å². The molecule has 3 heteroatoms. The van der Waals surface area contributed by atoms with Gasteiger partial charge in [-0.15, -0.1) is 0 Å². The van der Waals surface area contributed by atoms with Crippen LogP contribution in [-0.4, -0.2) is 37.6 Å². The van der Waals surface area contributed by atoms with Crippen molar-refractivity contribution in [3.05, 3.63) is 24.2 Å². The van der Waals surface area contributed by atoms with E-state index in [4.69, 9.17) is 4.42 Å². The zero-order valence-corrected chi connectivity index (χ0v) is 13.1. The van der Waals surface area contributed by atoms with E-state index >= 15 is 0 Å². The minimum absolute atomic E-state index is 0.522. The fourth-order valence-electron chi connectivity index (χ4n) is 2.50. The van der Waals surface area contributed by atoms with Crippen LogP contribution in [0.1, 0.15) is 39.4 Å². The maximum atomic E-state index is 5.38. The van der Waals surface area contributed by atoms with E-state index in [1.807, 2.05) is 6.07 Å². The van der Waals surface area contributed by atoms with Crippen molar-refractivity contribution in [1.29, 1.82) is 0 Å². The Labute approximate surface area is 118 Å². The first-order valence-electron chi connectivity index (χ1n) is 7.40. The molecular weight excluding hydrogens is 236 g/mol. The third-order valence-electron chi connectivity index (χ3n) is 3.27. The molecule has 0 aliphatic rings. The lowest BCUT2D eigenvalue weighted by Gasteiger charge is -2.27. The monoisotopic (exact) mass is 266 g/mol. The van der Waals surface area contributed by atoms with Gasteiger partial charge in [0.1, 0.15) is 5.76 Å². The predicted octanol–water partition coefficient (Wildman–Crippen LogP) is 3.17. The zero-order chi connectivity index (χ0) is 14.3. The minimum Gasteiger partial charge on any atom is -0.469 e. The third kappa shape index (κ3) is 7.38. The molecule has 1 N–H and O–H groups in total. The Bertz CT molecular complexity index is 309. The molecule has 1 rings (SSSR count). The van der Waals surface area contributed by atoms with Crippen LogP contribution in [-0.2, 0) is 6.42 Å². The van der Waals surface area contributed by atoms with E-state index in [9.17, 15) is 0 Å². The van der Waals surface area contributed by atoms with Crippen LogP contribution in [0, 0.1) is 5.92 Å². The second-order valence-electron chi connectivity index (χ2n) is 6.27. The molecule has 0 aliphatic heterocycles. The smallest absolute Gasteiger partial charge is 0.103 e. The molecule has 110 valence electrons. The van der Waals surface area contributed by atoms with E-state index < -0.39 is 0 Å². The standard InChI is InChI=1S/C16H30N2O/c1-13(2)11-15(12-18(4)5)17-14(3)8-9-16-7-6-10-19-16/h6-7,10,13-15,17H,8-9,11-12H2,1-5H3. The van der Waals surface area contributed by atoms with Crippen molar-refractivity contribution >= 4 is 0 Å². The molecule has 19 heavy (non-hydrogen) atoms. The molecule has 0 radical (unpaired) electrons. The van der Waals surface area contributed by atoms with Crippen LogP contribution < -0.4 is 5.32 Å². The third-order valence-corrected chi connectivity index (χ3v) is 3.27. The largest absolute Gasteiger partial charge is 0.469 e. The van der Waals surface area contributed by atoms with Gasteiger partial charge in [0.15, 0.2) is 0 Å². The normalized spacial score (nSPS) is 15.1. The molecule has 1 aromatic rings. The SMILES string of the molecule is CC(C)CC(CN(C)C)NC(C)CCc1ccco1. The Morgan fingerprint density at radius 3 is 2.53 bits per heavy atom. The summed E-state index contributed by atoms with van der Waals surface area (Å²) in [5.74, 6) is 1.82. The van der Waals surface area contributed by atoms with Crippen LogP contribution in [0.25, 0.3) is 0 Å². The van der Waals surface area contributed by atoms with Crippen LogP contribution in [0.15, 0.2) is 22.8 Å². The van der Waals surface area contributed by atoms with Crippen molar-refractivity contribution < 1.29 is 4.42 Å². The number of likely N-dealkylation sites (N-methyl/N-ethyl adjacent to an activating group) is 1. The van der Waals surface area contributed by atoms with Crippen molar-refractivity contribution in [3.63, 3.8) is 0 Å². The Morgan fingerprint density at radius 1 is 1.26 bits per heavy atom. The first-order chi connectivity index (χ1) is 8.97. The van der Waals surface area contributed by atoms with E-state index in [-0.39, 0.29) is 0 Å². The summed E-state index contributed by atoms with van der Waals surface area (Å²) in [6, 6.07) is 5.11. The van der Waals surface area contributed by atoms with Crippen LogP contribution >= 0.6 is 0 Å². The molecule has 2 atom stereocenters. The van der Waals surface area contributed by atoms with Crippen molar-refractivity contribution in [1.82, 2.24) is 10.2 Å². The molecule has 3 nitrogen and oxygen atoms in total. The molecule has 1 aromatic heterocycles. The van der Waals surface area contributed by atoms with Gasteiger partial charge >= 0.3 is 0 Å². The molecular formula is C16H30N2O. The number of hydrogen-bond donors (Lipinski definition) is 1. The van der Waals surface area contributed by atoms with E-state index in [1.165, 1.54) is 6.42 Å². The Morgan fingerprint density at radius 2 is 2.00 bits per heavy atom. The van der Waals surface area contributed by atoms with Crippen molar-refractivity contribution in [3.8, 4) is 0 Å². The number of furan rings is 1. The topological polar surface area (TPSA) is 28.4 Å². The van der Waals surface area contributed by atoms with Crippen molar-refractivity contribution in [2.24, 2.45) is 5.92 Å². The van der Waals surface area contributed by atoms with E-state index in [1.54, 1.807) is 6.26 Å². The summed E-state index contributed by atoms with van der Waals surface area (Å²) >= 11 is 0. The average molecular weight is 266 g/mol. The van der Waals surface area contributed by atoms with Gasteiger partial charge < -0.3 is 14.6 Å². The summed E-state index contributed by atoms with van der Waals surface area (Å²) in [7, 11) is 4.28. The predicted molar refractivity (Wildman–Crippen MR) is 81.4 cm³/mol. The fourth-order valence-corrected chi connectivity index (χ4v) is 2.50. The van der Waals surface area contributed by atoms with Gasteiger partial charge in [-0.25, -0.2) is 0 Å². The summed E-state index contributed by atoms with van der Waals surface area (Å²) in [6.45, 7) is 7.95. The number of nitrogens with zero attached hydrogens (tertiary/aromatic N) is 1. The quantitative estimate of drug-likeness (QED) is 0.744. The summed E-state index contributed by atoms with van der Waals surface area (Å²) < 4.78 is 5.38. The second kappa shape index (κ2) is 8.39. The van der Waals surface area contributed by atoms with Gasteiger partial charge in [0.05, 0.1) is 6.26 Å². The van der Waals surface area contributed by atoms with Gasteiger partial charge in [0.2, 0.25) is 0 Å².